The SMILES string of the molecule is CCCOc1ccc([C@@H]2C(=C(O)c3ccc(OCC)cc3)C(=O)C(=O)N2CCN(CC)CC)cc1. The van der Waals surface area contributed by atoms with Crippen LogP contribution < -0.4 is 9.47 Å². The van der Waals surface area contributed by atoms with Gasteiger partial charge in [0.15, 0.2) is 0 Å². The Bertz CT molecular complexity index is 1030. The fourth-order valence-electron chi connectivity index (χ4n) is 4.24. The molecule has 2 aromatic carbocycles. The second-order valence-electron chi connectivity index (χ2n) is 8.39. The van der Waals surface area contributed by atoms with Crippen molar-refractivity contribution in [3.8, 4) is 11.5 Å². The summed E-state index contributed by atoms with van der Waals surface area (Å²) in [5, 5.41) is 11.2. The Hall–Kier alpha value is -3.32. The second kappa shape index (κ2) is 12.4. The normalized spacial score (nSPS) is 17.3. The zero-order valence-corrected chi connectivity index (χ0v) is 21.1. The van der Waals surface area contributed by atoms with Gasteiger partial charge in [0.05, 0.1) is 24.8 Å². The molecule has 0 aliphatic carbocycles. The molecule has 1 aliphatic heterocycles. The number of likely N-dealkylation sites (tertiary alicyclic amines) is 1. The lowest BCUT2D eigenvalue weighted by molar-refractivity contribution is -0.140. The van der Waals surface area contributed by atoms with Crippen molar-refractivity contribution in [1.29, 1.82) is 0 Å². The molecule has 0 radical (unpaired) electrons. The van der Waals surface area contributed by atoms with Gasteiger partial charge in [-0.25, -0.2) is 0 Å². The molecule has 1 atom stereocenters. The predicted molar refractivity (Wildman–Crippen MR) is 137 cm³/mol. The van der Waals surface area contributed by atoms with E-state index in [2.05, 4.69) is 18.7 Å². The van der Waals surface area contributed by atoms with Gasteiger partial charge < -0.3 is 24.4 Å². The summed E-state index contributed by atoms with van der Waals surface area (Å²) in [6, 6.07) is 13.6. The molecule has 7 heteroatoms. The van der Waals surface area contributed by atoms with Gasteiger partial charge in [-0.05, 0) is 68.4 Å². The van der Waals surface area contributed by atoms with E-state index in [9.17, 15) is 14.7 Å². The summed E-state index contributed by atoms with van der Waals surface area (Å²) in [5.74, 6) is -0.0635. The maximum Gasteiger partial charge on any atom is 0.295 e. The van der Waals surface area contributed by atoms with Crippen molar-refractivity contribution in [3.05, 3.63) is 65.2 Å². The molecular formula is C28H36N2O5. The van der Waals surface area contributed by atoms with Crippen molar-refractivity contribution in [2.24, 2.45) is 0 Å². The van der Waals surface area contributed by atoms with Crippen molar-refractivity contribution >= 4 is 17.4 Å². The lowest BCUT2D eigenvalue weighted by Crippen LogP contribution is -2.38. The van der Waals surface area contributed by atoms with Crippen molar-refractivity contribution in [2.45, 2.75) is 40.2 Å². The average Bonchev–Trinajstić information content (AvgIpc) is 3.13. The first-order valence-electron chi connectivity index (χ1n) is 12.4. The number of nitrogens with zero attached hydrogens (tertiary/aromatic N) is 2. The van der Waals surface area contributed by atoms with E-state index in [1.54, 1.807) is 29.2 Å². The van der Waals surface area contributed by atoms with Crippen molar-refractivity contribution in [2.75, 3.05) is 39.4 Å². The number of aliphatic hydroxyl groups excluding tert-OH is 1. The van der Waals surface area contributed by atoms with Crippen molar-refractivity contribution in [1.82, 2.24) is 9.80 Å². The van der Waals surface area contributed by atoms with Gasteiger partial charge in [-0.2, -0.15) is 0 Å². The standard InChI is InChI=1S/C28H36N2O5/c1-5-19-35-23-13-9-20(10-14-23)25-24(26(31)21-11-15-22(16-12-21)34-8-4)27(32)28(33)30(25)18-17-29(6-2)7-3/h9-16,25,31H,5-8,17-19H2,1-4H3/t25-/m1/s1. The Kier molecular flexibility index (Phi) is 9.32. The topological polar surface area (TPSA) is 79.3 Å². The third-order valence-corrected chi connectivity index (χ3v) is 6.20. The second-order valence-corrected chi connectivity index (χ2v) is 8.39. The molecular weight excluding hydrogens is 444 g/mol. The number of hydrogen-bond acceptors (Lipinski definition) is 6. The molecule has 35 heavy (non-hydrogen) atoms. The molecule has 3 rings (SSSR count). The number of aliphatic hydroxyl groups is 1. The quantitative estimate of drug-likeness (QED) is 0.271. The third kappa shape index (κ3) is 6.03. The van der Waals surface area contributed by atoms with Gasteiger partial charge in [0.25, 0.3) is 11.7 Å². The summed E-state index contributed by atoms with van der Waals surface area (Å²) in [4.78, 5) is 30.1. The van der Waals surface area contributed by atoms with Gasteiger partial charge in [0.2, 0.25) is 0 Å². The molecule has 1 N–H and O–H groups in total. The maximum absolute atomic E-state index is 13.2. The summed E-state index contributed by atoms with van der Waals surface area (Å²) in [5.41, 5.74) is 1.31. The van der Waals surface area contributed by atoms with Gasteiger partial charge >= 0.3 is 0 Å². The molecule has 2 aromatic rings. The number of Topliss-reactive ketones (excluding diaryl/α,β-unsaturated/α-hetero) is 1. The highest BCUT2D eigenvalue weighted by Gasteiger charge is 2.46. The van der Waals surface area contributed by atoms with Gasteiger partial charge in [0, 0.05) is 18.7 Å². The Morgan fingerprint density at radius 1 is 0.914 bits per heavy atom. The van der Waals surface area contributed by atoms with Crippen LogP contribution in [0.3, 0.4) is 0 Å². The van der Waals surface area contributed by atoms with Crippen LogP contribution in [0.25, 0.3) is 5.76 Å². The summed E-state index contributed by atoms with van der Waals surface area (Å²) >= 11 is 0. The van der Waals surface area contributed by atoms with Gasteiger partial charge in [-0.1, -0.05) is 32.9 Å². The number of hydrogen-bond donors (Lipinski definition) is 1. The third-order valence-electron chi connectivity index (χ3n) is 6.20. The minimum atomic E-state index is -0.683. The Morgan fingerprint density at radius 2 is 1.51 bits per heavy atom. The van der Waals surface area contributed by atoms with E-state index in [1.165, 1.54) is 0 Å². The van der Waals surface area contributed by atoms with Gasteiger partial charge in [-0.3, -0.25) is 9.59 Å². The molecule has 1 amide bonds. The van der Waals surface area contributed by atoms with Crippen molar-refractivity contribution < 1.29 is 24.2 Å². The van der Waals surface area contributed by atoms with Crippen LogP contribution in [0, 0.1) is 0 Å². The van der Waals surface area contributed by atoms with Gasteiger partial charge in [-0.15, -0.1) is 0 Å². The lowest BCUT2D eigenvalue weighted by atomic mass is 9.95. The molecule has 0 spiro atoms. The number of rotatable bonds is 12. The largest absolute Gasteiger partial charge is 0.507 e. The van der Waals surface area contributed by atoms with E-state index in [1.807, 2.05) is 38.1 Å². The molecule has 1 fully saturated rings. The maximum atomic E-state index is 13.2. The molecule has 1 saturated heterocycles. The number of ketones is 1. The molecule has 7 nitrogen and oxygen atoms in total. The molecule has 1 aliphatic rings. The summed E-state index contributed by atoms with van der Waals surface area (Å²) in [6.45, 7) is 11.9. The highest BCUT2D eigenvalue weighted by molar-refractivity contribution is 6.46. The first-order valence-corrected chi connectivity index (χ1v) is 12.4. The lowest BCUT2D eigenvalue weighted by Gasteiger charge is -2.28. The predicted octanol–water partition coefficient (Wildman–Crippen LogP) is 4.64. The van der Waals surface area contributed by atoms with Crippen LogP contribution in [0.5, 0.6) is 11.5 Å². The van der Waals surface area contributed by atoms with E-state index < -0.39 is 17.7 Å². The monoisotopic (exact) mass is 480 g/mol. The zero-order chi connectivity index (χ0) is 25.4. The highest BCUT2D eigenvalue weighted by Crippen LogP contribution is 2.39. The molecule has 0 aromatic heterocycles. The van der Waals surface area contributed by atoms with E-state index in [-0.39, 0.29) is 11.3 Å². The fraction of sp³-hybridized carbons (Fsp3) is 0.429. The smallest absolute Gasteiger partial charge is 0.295 e. The number of carbonyl (C=O) groups is 2. The summed E-state index contributed by atoms with van der Waals surface area (Å²) in [7, 11) is 0. The van der Waals surface area contributed by atoms with Crippen LogP contribution in [0.1, 0.15) is 51.3 Å². The Balaban J connectivity index is 2.03. The molecule has 0 bridgehead atoms. The van der Waals surface area contributed by atoms with Crippen LogP contribution in [-0.2, 0) is 9.59 Å². The minimum absolute atomic E-state index is 0.0981. The van der Waals surface area contributed by atoms with Crippen LogP contribution in [-0.4, -0.2) is 66.0 Å². The van der Waals surface area contributed by atoms with Crippen LogP contribution in [0.15, 0.2) is 54.1 Å². The summed E-state index contributed by atoms with van der Waals surface area (Å²) < 4.78 is 11.2. The van der Waals surface area contributed by atoms with E-state index in [0.717, 1.165) is 30.8 Å². The van der Waals surface area contributed by atoms with Crippen LogP contribution >= 0.6 is 0 Å². The number of carbonyl (C=O) groups excluding carboxylic acids is 2. The Morgan fingerprint density at radius 3 is 2.09 bits per heavy atom. The zero-order valence-electron chi connectivity index (χ0n) is 21.1. The number of likely N-dealkylation sites (N-methyl/N-ethyl adjacent to an activating group) is 1. The molecule has 188 valence electrons. The fourth-order valence-corrected chi connectivity index (χ4v) is 4.24. The molecule has 0 saturated carbocycles. The van der Waals surface area contributed by atoms with Crippen LogP contribution in [0.2, 0.25) is 0 Å². The van der Waals surface area contributed by atoms with E-state index >= 15 is 0 Å². The van der Waals surface area contributed by atoms with Crippen molar-refractivity contribution in [3.63, 3.8) is 0 Å². The number of benzene rings is 2. The molecule has 1 heterocycles. The first-order chi connectivity index (χ1) is 16.9. The van der Waals surface area contributed by atoms with E-state index in [4.69, 9.17) is 9.47 Å². The number of amides is 1. The van der Waals surface area contributed by atoms with Crippen LogP contribution in [0.4, 0.5) is 0 Å². The first kappa shape index (κ1) is 26.3. The molecule has 0 unspecified atom stereocenters. The van der Waals surface area contributed by atoms with Gasteiger partial charge in [0.1, 0.15) is 17.3 Å². The minimum Gasteiger partial charge on any atom is -0.507 e. The average molecular weight is 481 g/mol. The Labute approximate surface area is 207 Å². The van der Waals surface area contributed by atoms with E-state index in [0.29, 0.717) is 37.6 Å². The summed E-state index contributed by atoms with van der Waals surface area (Å²) in [6.07, 6.45) is 0.898. The number of ether oxygens (including phenoxy) is 2. The highest BCUT2D eigenvalue weighted by atomic mass is 16.5.